The molecule has 1 N–H and O–H groups in total. The quantitative estimate of drug-likeness (QED) is 0.534. The van der Waals surface area contributed by atoms with Gasteiger partial charge in [-0.05, 0) is 56.3 Å². The summed E-state index contributed by atoms with van der Waals surface area (Å²) in [5, 5.41) is 3.97. The van der Waals surface area contributed by atoms with Crippen molar-refractivity contribution in [1.29, 1.82) is 0 Å². The molecule has 0 saturated carbocycles. The molecule has 2 aromatic heterocycles. The first kappa shape index (κ1) is 24.3. The van der Waals surface area contributed by atoms with Crippen molar-refractivity contribution in [3.63, 3.8) is 0 Å². The number of carbonyl (C=O) groups is 2. The standard InChI is InChI=1S/C26H31N5O4S/c1-16-22-23(19(15-27-25(22)36-29-16)26(33)31-10-4-5-11-31)30-12-8-17(9-13-30)24(32)28-20-14-18(34-2)6-7-21(20)35-3/h6-7,14-15,17H,4-5,8-13H2,1-3H3,(H,28,32). The SMILES string of the molecule is COc1ccc(OC)c(NC(=O)C2CCN(c3c(C(=O)N4CCCC4)cnc4snc(C)c34)CC2)c1. The smallest absolute Gasteiger partial charge is 0.257 e. The van der Waals surface area contributed by atoms with Crippen LogP contribution in [0, 0.1) is 12.8 Å². The third-order valence-corrected chi connectivity index (χ3v) is 7.97. The van der Waals surface area contributed by atoms with E-state index in [-0.39, 0.29) is 17.7 Å². The molecule has 0 bridgehead atoms. The second-order valence-corrected chi connectivity index (χ2v) is 10.0. The van der Waals surface area contributed by atoms with Crippen LogP contribution in [0.1, 0.15) is 41.7 Å². The number of nitrogens with one attached hydrogen (secondary N) is 1. The Kier molecular flexibility index (Phi) is 6.95. The lowest BCUT2D eigenvalue weighted by Gasteiger charge is -2.35. The highest BCUT2D eigenvalue weighted by Gasteiger charge is 2.31. The van der Waals surface area contributed by atoms with Crippen molar-refractivity contribution in [3.05, 3.63) is 35.7 Å². The van der Waals surface area contributed by atoms with E-state index in [2.05, 4.69) is 19.6 Å². The molecule has 2 fully saturated rings. The molecule has 2 aliphatic rings. The molecule has 9 nitrogen and oxygen atoms in total. The molecule has 190 valence electrons. The van der Waals surface area contributed by atoms with Gasteiger partial charge in [0, 0.05) is 44.4 Å². The van der Waals surface area contributed by atoms with Gasteiger partial charge in [0.25, 0.3) is 5.91 Å². The zero-order valence-electron chi connectivity index (χ0n) is 20.9. The van der Waals surface area contributed by atoms with Crippen LogP contribution in [0.3, 0.4) is 0 Å². The van der Waals surface area contributed by atoms with Gasteiger partial charge in [0.2, 0.25) is 5.91 Å². The molecular weight excluding hydrogens is 478 g/mol. The number of hydrogen-bond acceptors (Lipinski definition) is 8. The minimum absolute atomic E-state index is 0.0347. The van der Waals surface area contributed by atoms with Gasteiger partial charge in [0.1, 0.15) is 16.3 Å². The minimum atomic E-state index is -0.145. The van der Waals surface area contributed by atoms with Crippen molar-refractivity contribution in [2.24, 2.45) is 5.92 Å². The molecule has 0 aliphatic carbocycles. The summed E-state index contributed by atoms with van der Waals surface area (Å²) in [6, 6.07) is 5.34. The van der Waals surface area contributed by atoms with Crippen LogP contribution in [0.15, 0.2) is 24.4 Å². The molecule has 0 atom stereocenters. The van der Waals surface area contributed by atoms with Gasteiger partial charge in [0.05, 0.1) is 42.2 Å². The molecule has 1 aromatic carbocycles. The topological polar surface area (TPSA) is 96.9 Å². The fourth-order valence-corrected chi connectivity index (χ4v) is 5.88. The van der Waals surface area contributed by atoms with Crippen molar-refractivity contribution in [3.8, 4) is 11.5 Å². The number of ether oxygens (including phenoxy) is 2. The van der Waals surface area contributed by atoms with E-state index >= 15 is 0 Å². The van der Waals surface area contributed by atoms with Gasteiger partial charge in [-0.1, -0.05) is 0 Å². The number of nitrogens with zero attached hydrogens (tertiary/aromatic N) is 4. The number of anilines is 2. The van der Waals surface area contributed by atoms with E-state index in [0.717, 1.165) is 47.5 Å². The fourth-order valence-electron chi connectivity index (χ4n) is 5.12. The van der Waals surface area contributed by atoms with Crippen LogP contribution in [-0.2, 0) is 4.79 Å². The Labute approximate surface area is 214 Å². The van der Waals surface area contributed by atoms with Crippen LogP contribution >= 0.6 is 11.5 Å². The average Bonchev–Trinajstić information content (AvgIpc) is 3.58. The molecule has 0 spiro atoms. The molecule has 0 unspecified atom stereocenters. The van der Waals surface area contributed by atoms with Crippen LogP contribution in [0.5, 0.6) is 11.5 Å². The maximum absolute atomic E-state index is 13.4. The van der Waals surface area contributed by atoms with Crippen molar-refractivity contribution >= 4 is 44.9 Å². The third kappa shape index (κ3) is 4.57. The summed E-state index contributed by atoms with van der Waals surface area (Å²) in [6.07, 6.45) is 5.14. The number of aryl methyl sites for hydroxylation is 1. The predicted molar refractivity (Wildman–Crippen MR) is 140 cm³/mol. The highest BCUT2D eigenvalue weighted by molar-refractivity contribution is 7.13. The van der Waals surface area contributed by atoms with Gasteiger partial charge in [-0.15, -0.1) is 0 Å². The summed E-state index contributed by atoms with van der Waals surface area (Å²) in [5.41, 5.74) is 3.03. The maximum Gasteiger partial charge on any atom is 0.257 e. The van der Waals surface area contributed by atoms with E-state index in [1.165, 1.54) is 11.5 Å². The second-order valence-electron chi connectivity index (χ2n) is 9.28. The molecule has 36 heavy (non-hydrogen) atoms. The lowest BCUT2D eigenvalue weighted by atomic mass is 9.94. The highest BCUT2D eigenvalue weighted by atomic mass is 32.1. The fraction of sp³-hybridized carbons (Fsp3) is 0.462. The van der Waals surface area contributed by atoms with E-state index < -0.39 is 0 Å². The summed E-state index contributed by atoms with van der Waals surface area (Å²) in [7, 11) is 3.17. The van der Waals surface area contributed by atoms with E-state index in [1.807, 2.05) is 11.8 Å². The Morgan fingerprint density at radius 3 is 2.53 bits per heavy atom. The van der Waals surface area contributed by atoms with Crippen molar-refractivity contribution in [2.45, 2.75) is 32.6 Å². The number of pyridine rings is 1. The highest BCUT2D eigenvalue weighted by Crippen LogP contribution is 2.37. The zero-order chi connectivity index (χ0) is 25.2. The first-order valence-electron chi connectivity index (χ1n) is 12.3. The van der Waals surface area contributed by atoms with Crippen LogP contribution in [0.25, 0.3) is 10.2 Å². The molecule has 4 heterocycles. The molecular formula is C26H31N5O4S. The normalized spacial score (nSPS) is 16.4. The Balaban J connectivity index is 1.36. The van der Waals surface area contributed by atoms with Crippen LogP contribution in [-0.4, -0.2) is 66.5 Å². The Bertz CT molecular complexity index is 1280. The van der Waals surface area contributed by atoms with Crippen LogP contribution in [0.4, 0.5) is 11.4 Å². The Morgan fingerprint density at radius 2 is 1.83 bits per heavy atom. The Hall–Kier alpha value is -3.40. The summed E-state index contributed by atoms with van der Waals surface area (Å²) < 4.78 is 15.2. The number of piperidine rings is 1. The van der Waals surface area contributed by atoms with Crippen molar-refractivity contribution < 1.29 is 19.1 Å². The molecule has 10 heteroatoms. The van der Waals surface area contributed by atoms with Gasteiger partial charge < -0.3 is 24.6 Å². The van der Waals surface area contributed by atoms with Gasteiger partial charge in [-0.3, -0.25) is 9.59 Å². The predicted octanol–water partition coefficient (Wildman–Crippen LogP) is 4.11. The number of aromatic nitrogens is 2. The average molecular weight is 510 g/mol. The first-order valence-corrected chi connectivity index (χ1v) is 13.1. The lowest BCUT2D eigenvalue weighted by Crippen LogP contribution is -2.39. The van der Waals surface area contributed by atoms with Crippen molar-refractivity contribution in [2.75, 3.05) is 50.6 Å². The number of likely N-dealkylation sites (tertiary alicyclic amines) is 1. The maximum atomic E-state index is 13.4. The number of fused-ring (bicyclic) bond motifs is 1. The summed E-state index contributed by atoms with van der Waals surface area (Å²) in [6.45, 7) is 4.88. The second kappa shape index (κ2) is 10.3. The number of hydrogen-bond donors (Lipinski definition) is 1. The van der Waals surface area contributed by atoms with Gasteiger partial charge in [-0.2, -0.15) is 4.37 Å². The molecule has 0 radical (unpaired) electrons. The van der Waals surface area contributed by atoms with E-state index in [4.69, 9.17) is 9.47 Å². The van der Waals surface area contributed by atoms with Gasteiger partial charge >= 0.3 is 0 Å². The number of rotatable bonds is 6. The van der Waals surface area contributed by atoms with E-state index in [9.17, 15) is 9.59 Å². The molecule has 2 saturated heterocycles. The number of methoxy groups -OCH3 is 2. The van der Waals surface area contributed by atoms with Gasteiger partial charge in [0.15, 0.2) is 0 Å². The van der Waals surface area contributed by atoms with Crippen LogP contribution in [0.2, 0.25) is 0 Å². The van der Waals surface area contributed by atoms with Crippen molar-refractivity contribution in [1.82, 2.24) is 14.3 Å². The van der Waals surface area contributed by atoms with E-state index in [1.54, 1.807) is 38.6 Å². The number of carbonyl (C=O) groups excluding carboxylic acids is 2. The summed E-state index contributed by atoms with van der Waals surface area (Å²) in [4.78, 5) is 36.1. The largest absolute Gasteiger partial charge is 0.497 e. The molecule has 2 aliphatic heterocycles. The molecule has 3 aromatic rings. The zero-order valence-corrected chi connectivity index (χ0v) is 21.7. The number of amides is 2. The Morgan fingerprint density at radius 1 is 1.08 bits per heavy atom. The first-order chi connectivity index (χ1) is 17.5. The lowest BCUT2D eigenvalue weighted by molar-refractivity contribution is -0.120. The monoisotopic (exact) mass is 509 g/mol. The van der Waals surface area contributed by atoms with Crippen LogP contribution < -0.4 is 19.7 Å². The van der Waals surface area contributed by atoms with Gasteiger partial charge in [-0.25, -0.2) is 4.98 Å². The molecule has 5 rings (SSSR count). The third-order valence-electron chi connectivity index (χ3n) is 7.12. The molecule has 2 amide bonds. The van der Waals surface area contributed by atoms with E-state index in [0.29, 0.717) is 48.7 Å². The summed E-state index contributed by atoms with van der Waals surface area (Å²) >= 11 is 1.36. The minimum Gasteiger partial charge on any atom is -0.497 e. The summed E-state index contributed by atoms with van der Waals surface area (Å²) in [5.74, 6) is 1.09. The number of benzene rings is 1.